The van der Waals surface area contributed by atoms with E-state index in [4.69, 9.17) is 0 Å². The van der Waals surface area contributed by atoms with Gasteiger partial charge in [0.25, 0.3) is 0 Å². The summed E-state index contributed by atoms with van der Waals surface area (Å²) in [5.41, 5.74) is 0.988. The summed E-state index contributed by atoms with van der Waals surface area (Å²) in [4.78, 5) is 22.9. The lowest BCUT2D eigenvalue weighted by Gasteiger charge is -2.02. The van der Waals surface area contributed by atoms with Crippen molar-refractivity contribution >= 4 is 17.7 Å². The van der Waals surface area contributed by atoms with Crippen molar-refractivity contribution in [3.8, 4) is 0 Å². The van der Waals surface area contributed by atoms with E-state index in [0.29, 0.717) is 12.3 Å². The first kappa shape index (κ1) is 12.6. The van der Waals surface area contributed by atoms with Crippen LogP contribution in [0.4, 0.5) is 0 Å². The predicted octanol–water partition coefficient (Wildman–Crippen LogP) is 1.52. The fourth-order valence-electron chi connectivity index (χ4n) is 1.36. The minimum Gasteiger partial charge on any atom is -0.348 e. The molecule has 2 heterocycles. The van der Waals surface area contributed by atoms with Crippen LogP contribution >= 0.6 is 11.8 Å². The number of carbonyl (C=O) groups is 1. The number of aromatic nitrogens is 3. The van der Waals surface area contributed by atoms with Gasteiger partial charge in [-0.3, -0.25) is 4.79 Å². The van der Waals surface area contributed by atoms with E-state index in [1.165, 1.54) is 11.8 Å². The van der Waals surface area contributed by atoms with E-state index in [2.05, 4.69) is 20.3 Å². The van der Waals surface area contributed by atoms with Crippen molar-refractivity contribution in [2.45, 2.75) is 18.5 Å². The molecule has 0 bridgehead atoms. The maximum atomic E-state index is 11.6. The van der Waals surface area contributed by atoms with Crippen LogP contribution in [-0.2, 0) is 11.3 Å². The molecule has 0 fully saturated rings. The molecule has 0 aliphatic carbocycles. The van der Waals surface area contributed by atoms with Crippen LogP contribution in [0, 0.1) is 6.92 Å². The van der Waals surface area contributed by atoms with E-state index in [9.17, 15) is 4.79 Å². The summed E-state index contributed by atoms with van der Waals surface area (Å²) in [6.07, 6.45) is 3.45. The summed E-state index contributed by atoms with van der Waals surface area (Å²) in [5, 5.41) is 3.65. The fraction of sp³-hybridized carbons (Fsp3) is 0.250. The Bertz CT molecular complexity index is 512. The minimum absolute atomic E-state index is 0.0280. The van der Waals surface area contributed by atoms with Gasteiger partial charge in [-0.25, -0.2) is 9.97 Å². The van der Waals surface area contributed by atoms with Crippen LogP contribution in [0.25, 0.3) is 0 Å². The molecule has 0 spiro atoms. The summed E-state index contributed by atoms with van der Waals surface area (Å²) in [6.45, 7) is 2.35. The molecule has 94 valence electrons. The van der Waals surface area contributed by atoms with Crippen LogP contribution in [0.1, 0.15) is 11.5 Å². The molecule has 5 nitrogen and oxygen atoms in total. The lowest BCUT2D eigenvalue weighted by molar-refractivity contribution is -0.118. The number of rotatable bonds is 5. The molecule has 0 aliphatic rings. The second-order valence-electron chi connectivity index (χ2n) is 3.75. The molecule has 0 atom stereocenters. The number of nitrogens with one attached hydrogen (secondary N) is 2. The van der Waals surface area contributed by atoms with Crippen LogP contribution in [-0.4, -0.2) is 26.6 Å². The summed E-state index contributed by atoms with van der Waals surface area (Å²) in [7, 11) is 0. The molecular formula is C12H14N4OS. The molecule has 0 saturated heterocycles. The van der Waals surface area contributed by atoms with Crippen molar-refractivity contribution in [3.63, 3.8) is 0 Å². The smallest absolute Gasteiger partial charge is 0.230 e. The highest BCUT2D eigenvalue weighted by Gasteiger charge is 2.04. The average Bonchev–Trinajstić information content (AvgIpc) is 2.81. The van der Waals surface area contributed by atoms with Gasteiger partial charge < -0.3 is 10.3 Å². The molecule has 2 aromatic rings. The molecule has 0 saturated carbocycles. The first-order valence-electron chi connectivity index (χ1n) is 5.55. The van der Waals surface area contributed by atoms with Crippen LogP contribution in [0.3, 0.4) is 0 Å². The molecule has 1 amide bonds. The predicted molar refractivity (Wildman–Crippen MR) is 70.1 cm³/mol. The SMILES string of the molecule is Cc1cnc(CNC(=O)CSc2ccccn2)[nH]1. The number of pyridine rings is 1. The Morgan fingerprint density at radius 3 is 3.00 bits per heavy atom. The molecule has 0 aromatic carbocycles. The number of imidazole rings is 1. The maximum Gasteiger partial charge on any atom is 0.230 e. The van der Waals surface area contributed by atoms with E-state index in [-0.39, 0.29) is 5.91 Å². The van der Waals surface area contributed by atoms with E-state index in [1.54, 1.807) is 12.4 Å². The van der Waals surface area contributed by atoms with E-state index >= 15 is 0 Å². The third-order valence-electron chi connectivity index (χ3n) is 2.20. The van der Waals surface area contributed by atoms with E-state index in [0.717, 1.165) is 16.5 Å². The van der Waals surface area contributed by atoms with Gasteiger partial charge in [-0.05, 0) is 19.1 Å². The summed E-state index contributed by atoms with van der Waals surface area (Å²) in [5.74, 6) is 1.10. The number of aryl methyl sites for hydroxylation is 1. The fourth-order valence-corrected chi connectivity index (χ4v) is 2.05. The van der Waals surface area contributed by atoms with Gasteiger partial charge in [-0.1, -0.05) is 17.8 Å². The van der Waals surface area contributed by atoms with Gasteiger partial charge in [0.1, 0.15) is 5.82 Å². The minimum atomic E-state index is -0.0280. The lowest BCUT2D eigenvalue weighted by Crippen LogP contribution is -2.25. The Balaban J connectivity index is 1.73. The second kappa shape index (κ2) is 6.20. The van der Waals surface area contributed by atoms with Crippen molar-refractivity contribution in [1.82, 2.24) is 20.3 Å². The molecule has 18 heavy (non-hydrogen) atoms. The number of thioether (sulfide) groups is 1. The molecule has 0 radical (unpaired) electrons. The van der Waals surface area contributed by atoms with Crippen molar-refractivity contribution in [2.24, 2.45) is 0 Å². The number of H-pyrrole nitrogens is 1. The van der Waals surface area contributed by atoms with Crippen molar-refractivity contribution in [2.75, 3.05) is 5.75 Å². The lowest BCUT2D eigenvalue weighted by atomic mass is 10.5. The zero-order chi connectivity index (χ0) is 12.8. The van der Waals surface area contributed by atoms with E-state index < -0.39 is 0 Å². The number of aromatic amines is 1. The molecule has 2 aromatic heterocycles. The van der Waals surface area contributed by atoms with Gasteiger partial charge in [0, 0.05) is 18.1 Å². The first-order chi connectivity index (χ1) is 8.74. The molecule has 2 N–H and O–H groups in total. The Labute approximate surface area is 109 Å². The number of hydrogen-bond donors (Lipinski definition) is 2. The van der Waals surface area contributed by atoms with Crippen LogP contribution in [0.2, 0.25) is 0 Å². The van der Waals surface area contributed by atoms with Crippen molar-refractivity contribution < 1.29 is 4.79 Å². The quantitative estimate of drug-likeness (QED) is 0.802. The first-order valence-corrected chi connectivity index (χ1v) is 6.53. The molecule has 0 unspecified atom stereocenters. The zero-order valence-corrected chi connectivity index (χ0v) is 10.8. The number of nitrogens with zero attached hydrogens (tertiary/aromatic N) is 2. The Hall–Kier alpha value is -1.82. The summed E-state index contributed by atoms with van der Waals surface area (Å²) in [6, 6.07) is 5.63. The number of hydrogen-bond acceptors (Lipinski definition) is 4. The van der Waals surface area contributed by atoms with E-state index in [1.807, 2.05) is 25.1 Å². The third kappa shape index (κ3) is 3.89. The second-order valence-corrected chi connectivity index (χ2v) is 4.74. The molecule has 2 rings (SSSR count). The van der Waals surface area contributed by atoms with Gasteiger partial charge in [0.15, 0.2) is 0 Å². The monoisotopic (exact) mass is 262 g/mol. The topological polar surface area (TPSA) is 70.7 Å². The van der Waals surface area contributed by atoms with Gasteiger partial charge >= 0.3 is 0 Å². The Morgan fingerprint density at radius 2 is 2.33 bits per heavy atom. The van der Waals surface area contributed by atoms with Crippen LogP contribution in [0.5, 0.6) is 0 Å². The van der Waals surface area contributed by atoms with Crippen LogP contribution in [0.15, 0.2) is 35.6 Å². The highest BCUT2D eigenvalue weighted by molar-refractivity contribution is 7.99. The highest BCUT2D eigenvalue weighted by Crippen LogP contribution is 2.12. The highest BCUT2D eigenvalue weighted by atomic mass is 32.2. The molecule has 6 heteroatoms. The maximum absolute atomic E-state index is 11.6. The van der Waals surface area contributed by atoms with Gasteiger partial charge in [-0.2, -0.15) is 0 Å². The molecule has 0 aliphatic heterocycles. The average molecular weight is 262 g/mol. The third-order valence-corrected chi connectivity index (χ3v) is 3.14. The Morgan fingerprint density at radius 1 is 1.44 bits per heavy atom. The molecular weight excluding hydrogens is 248 g/mol. The van der Waals surface area contributed by atoms with Gasteiger partial charge in [0.05, 0.1) is 17.3 Å². The van der Waals surface area contributed by atoms with Gasteiger partial charge in [-0.15, -0.1) is 0 Å². The largest absolute Gasteiger partial charge is 0.348 e. The van der Waals surface area contributed by atoms with Crippen molar-refractivity contribution in [3.05, 3.63) is 42.1 Å². The standard InChI is InChI=1S/C12H14N4OS/c1-9-6-14-10(16-9)7-15-11(17)8-18-12-4-2-3-5-13-12/h2-6H,7-8H2,1H3,(H,14,16)(H,15,17). The normalized spacial score (nSPS) is 10.3. The summed E-state index contributed by atoms with van der Waals surface area (Å²) >= 11 is 1.42. The Kier molecular flexibility index (Phi) is 4.35. The van der Waals surface area contributed by atoms with Crippen molar-refractivity contribution in [1.29, 1.82) is 0 Å². The number of carbonyl (C=O) groups excluding carboxylic acids is 1. The van der Waals surface area contributed by atoms with Gasteiger partial charge in [0.2, 0.25) is 5.91 Å². The zero-order valence-electron chi connectivity index (χ0n) is 10.0. The van der Waals surface area contributed by atoms with Crippen LogP contribution < -0.4 is 5.32 Å². The number of amides is 1. The summed E-state index contributed by atoms with van der Waals surface area (Å²) < 4.78 is 0.